The molecule has 0 unspecified atom stereocenters. The fourth-order valence-corrected chi connectivity index (χ4v) is 1.83. The highest BCUT2D eigenvalue weighted by atomic mass is 32.2. The van der Waals surface area contributed by atoms with Crippen molar-refractivity contribution in [3.8, 4) is 0 Å². The molecule has 0 saturated heterocycles. The van der Waals surface area contributed by atoms with Crippen LogP contribution >= 0.6 is 11.8 Å². The maximum Gasteiger partial charge on any atom is 0.281 e. The van der Waals surface area contributed by atoms with Gasteiger partial charge >= 0.3 is 0 Å². The van der Waals surface area contributed by atoms with Crippen LogP contribution in [0.5, 0.6) is 0 Å². The quantitative estimate of drug-likeness (QED) is 0.858. The smallest absolute Gasteiger partial charge is 0.281 e. The molecule has 5 heteroatoms. The molecular weight excluding hydrogens is 210 g/mol. The van der Waals surface area contributed by atoms with Crippen LogP contribution in [0.3, 0.4) is 0 Å². The monoisotopic (exact) mass is 221 g/mol. The zero-order valence-corrected chi connectivity index (χ0v) is 9.12. The van der Waals surface area contributed by atoms with E-state index in [0.717, 1.165) is 10.5 Å². The summed E-state index contributed by atoms with van der Waals surface area (Å²) < 4.78 is 5.26. The standard InChI is InChI=1S/C10H11N3OS/c1-7-12-13-10(14-7)15-9-4-2-8(6-11)3-5-9/h2-5H,6,11H2,1H3. The van der Waals surface area contributed by atoms with Crippen LogP contribution in [0, 0.1) is 6.92 Å². The summed E-state index contributed by atoms with van der Waals surface area (Å²) in [5.41, 5.74) is 6.62. The van der Waals surface area contributed by atoms with E-state index in [0.29, 0.717) is 17.7 Å². The van der Waals surface area contributed by atoms with Gasteiger partial charge in [-0.3, -0.25) is 0 Å². The normalized spacial score (nSPS) is 10.5. The van der Waals surface area contributed by atoms with Gasteiger partial charge in [-0.2, -0.15) is 0 Å². The number of aryl methyl sites for hydroxylation is 1. The van der Waals surface area contributed by atoms with Gasteiger partial charge in [0.2, 0.25) is 5.89 Å². The van der Waals surface area contributed by atoms with E-state index in [1.54, 1.807) is 6.92 Å². The molecular formula is C10H11N3OS. The van der Waals surface area contributed by atoms with Gasteiger partial charge in [0.05, 0.1) is 0 Å². The van der Waals surface area contributed by atoms with E-state index < -0.39 is 0 Å². The molecule has 0 aliphatic carbocycles. The van der Waals surface area contributed by atoms with Crippen molar-refractivity contribution in [2.24, 2.45) is 5.73 Å². The van der Waals surface area contributed by atoms with Gasteiger partial charge in [0.15, 0.2) is 0 Å². The molecule has 0 aliphatic rings. The lowest BCUT2D eigenvalue weighted by atomic mass is 10.2. The largest absolute Gasteiger partial charge is 0.416 e. The number of benzene rings is 1. The topological polar surface area (TPSA) is 64.9 Å². The van der Waals surface area contributed by atoms with E-state index in [9.17, 15) is 0 Å². The molecule has 0 bridgehead atoms. The molecule has 15 heavy (non-hydrogen) atoms. The molecule has 0 atom stereocenters. The second-order valence-electron chi connectivity index (χ2n) is 3.04. The van der Waals surface area contributed by atoms with Crippen LogP contribution in [-0.4, -0.2) is 10.2 Å². The van der Waals surface area contributed by atoms with Crippen LogP contribution in [0.15, 0.2) is 38.8 Å². The molecule has 1 aromatic carbocycles. The van der Waals surface area contributed by atoms with Gasteiger partial charge < -0.3 is 10.2 Å². The lowest BCUT2D eigenvalue weighted by molar-refractivity contribution is 0.429. The van der Waals surface area contributed by atoms with Crippen molar-refractivity contribution < 1.29 is 4.42 Å². The Morgan fingerprint density at radius 3 is 2.53 bits per heavy atom. The number of aromatic nitrogens is 2. The molecule has 0 saturated carbocycles. The van der Waals surface area contributed by atoms with E-state index in [1.165, 1.54) is 11.8 Å². The van der Waals surface area contributed by atoms with Crippen LogP contribution in [0.25, 0.3) is 0 Å². The maximum absolute atomic E-state index is 5.51. The van der Waals surface area contributed by atoms with Gasteiger partial charge in [-0.15, -0.1) is 10.2 Å². The maximum atomic E-state index is 5.51. The molecule has 2 rings (SSSR count). The average molecular weight is 221 g/mol. The van der Waals surface area contributed by atoms with Crippen LogP contribution in [0.2, 0.25) is 0 Å². The minimum atomic E-state index is 0.560. The summed E-state index contributed by atoms with van der Waals surface area (Å²) in [5, 5.41) is 8.23. The Morgan fingerprint density at radius 1 is 1.27 bits per heavy atom. The van der Waals surface area contributed by atoms with E-state index in [1.807, 2.05) is 24.3 Å². The summed E-state index contributed by atoms with van der Waals surface area (Å²) in [6.07, 6.45) is 0. The second kappa shape index (κ2) is 4.46. The molecule has 2 aromatic rings. The first kappa shape index (κ1) is 10.2. The Labute approximate surface area is 91.9 Å². The summed E-state index contributed by atoms with van der Waals surface area (Å²) in [7, 11) is 0. The molecule has 1 heterocycles. The van der Waals surface area contributed by atoms with Crippen LogP contribution in [0.1, 0.15) is 11.5 Å². The van der Waals surface area contributed by atoms with Crippen molar-refractivity contribution in [3.05, 3.63) is 35.7 Å². The molecule has 0 fully saturated rings. The van der Waals surface area contributed by atoms with Crippen LogP contribution in [0.4, 0.5) is 0 Å². The number of hydrogen-bond donors (Lipinski definition) is 1. The van der Waals surface area contributed by atoms with Gasteiger partial charge in [-0.05, 0) is 29.5 Å². The SMILES string of the molecule is Cc1nnc(Sc2ccc(CN)cc2)o1. The van der Waals surface area contributed by atoms with E-state index in [-0.39, 0.29) is 0 Å². The summed E-state index contributed by atoms with van der Waals surface area (Å²) in [6.45, 7) is 2.33. The molecule has 78 valence electrons. The van der Waals surface area contributed by atoms with E-state index in [4.69, 9.17) is 10.2 Å². The number of rotatable bonds is 3. The van der Waals surface area contributed by atoms with E-state index >= 15 is 0 Å². The van der Waals surface area contributed by atoms with Crippen molar-refractivity contribution in [3.63, 3.8) is 0 Å². The van der Waals surface area contributed by atoms with Crippen molar-refractivity contribution in [1.82, 2.24) is 10.2 Å². The average Bonchev–Trinajstić information content (AvgIpc) is 2.65. The van der Waals surface area contributed by atoms with Crippen molar-refractivity contribution in [2.75, 3.05) is 0 Å². The van der Waals surface area contributed by atoms with Gasteiger partial charge in [0.25, 0.3) is 5.22 Å². The fourth-order valence-electron chi connectivity index (χ4n) is 1.11. The Balaban J connectivity index is 2.11. The van der Waals surface area contributed by atoms with Crippen LogP contribution < -0.4 is 5.73 Å². The van der Waals surface area contributed by atoms with Gasteiger partial charge in [-0.25, -0.2) is 0 Å². The predicted molar refractivity (Wildman–Crippen MR) is 57.5 cm³/mol. The molecule has 4 nitrogen and oxygen atoms in total. The Hall–Kier alpha value is -1.33. The van der Waals surface area contributed by atoms with E-state index in [2.05, 4.69) is 10.2 Å². The number of hydrogen-bond acceptors (Lipinski definition) is 5. The Kier molecular flexibility index (Phi) is 3.03. The van der Waals surface area contributed by atoms with Gasteiger partial charge in [0, 0.05) is 18.4 Å². The Morgan fingerprint density at radius 2 is 2.00 bits per heavy atom. The third-order valence-corrected chi connectivity index (χ3v) is 2.72. The first-order valence-electron chi connectivity index (χ1n) is 4.55. The third kappa shape index (κ3) is 2.57. The molecule has 2 N–H and O–H groups in total. The summed E-state index contributed by atoms with van der Waals surface area (Å²) >= 11 is 1.45. The first-order valence-corrected chi connectivity index (χ1v) is 5.36. The van der Waals surface area contributed by atoms with Crippen molar-refractivity contribution in [2.45, 2.75) is 23.6 Å². The Bertz CT molecular complexity index is 438. The predicted octanol–water partition coefficient (Wildman–Crippen LogP) is 1.99. The third-order valence-electron chi connectivity index (χ3n) is 1.87. The molecule has 0 aliphatic heterocycles. The zero-order chi connectivity index (χ0) is 10.7. The molecule has 0 spiro atoms. The lowest BCUT2D eigenvalue weighted by Gasteiger charge is -1.98. The summed E-state index contributed by atoms with van der Waals surface area (Å²) in [4.78, 5) is 1.07. The summed E-state index contributed by atoms with van der Waals surface area (Å²) in [6, 6.07) is 7.97. The minimum absolute atomic E-state index is 0.560. The highest BCUT2D eigenvalue weighted by Crippen LogP contribution is 2.26. The fraction of sp³-hybridized carbons (Fsp3) is 0.200. The van der Waals surface area contributed by atoms with Crippen molar-refractivity contribution >= 4 is 11.8 Å². The number of nitrogens with zero attached hydrogens (tertiary/aromatic N) is 2. The van der Waals surface area contributed by atoms with Gasteiger partial charge in [0.1, 0.15) is 0 Å². The first-order chi connectivity index (χ1) is 7.28. The highest BCUT2D eigenvalue weighted by molar-refractivity contribution is 7.99. The molecule has 0 radical (unpaired) electrons. The highest BCUT2D eigenvalue weighted by Gasteiger charge is 2.04. The minimum Gasteiger partial charge on any atom is -0.416 e. The molecule has 1 aromatic heterocycles. The summed E-state index contributed by atoms with van der Waals surface area (Å²) in [5.74, 6) is 0.580. The zero-order valence-electron chi connectivity index (χ0n) is 8.30. The van der Waals surface area contributed by atoms with Gasteiger partial charge in [-0.1, -0.05) is 12.1 Å². The second-order valence-corrected chi connectivity index (χ2v) is 4.06. The van der Waals surface area contributed by atoms with Crippen molar-refractivity contribution in [1.29, 1.82) is 0 Å². The number of nitrogens with two attached hydrogens (primary N) is 1. The van der Waals surface area contributed by atoms with Crippen LogP contribution in [-0.2, 0) is 6.54 Å². The molecule has 0 amide bonds. The lowest BCUT2D eigenvalue weighted by Crippen LogP contribution is -1.94.